The molecule has 1 aromatic heterocycles. The van der Waals surface area contributed by atoms with Crippen LogP contribution in [0.1, 0.15) is 23.4 Å². The Balaban J connectivity index is 1.89. The standard InChI is InChI=1S/C16H21NO2S/c1-13(16-7-4-10-20-16)17-15-6-3-5-14(11-15)12-19-9-8-18-2/h3-7,10-11,13,17H,8-9,12H2,1-2H3. The van der Waals surface area contributed by atoms with Gasteiger partial charge < -0.3 is 14.8 Å². The quantitative estimate of drug-likeness (QED) is 0.743. The van der Waals surface area contributed by atoms with Gasteiger partial charge in [0, 0.05) is 17.7 Å². The lowest BCUT2D eigenvalue weighted by atomic mass is 10.2. The molecule has 0 aliphatic carbocycles. The highest BCUT2D eigenvalue weighted by Gasteiger charge is 2.06. The van der Waals surface area contributed by atoms with E-state index in [1.165, 1.54) is 10.4 Å². The summed E-state index contributed by atoms with van der Waals surface area (Å²) in [6.45, 7) is 4.05. The van der Waals surface area contributed by atoms with Crippen LogP contribution in [-0.4, -0.2) is 20.3 Å². The second-order valence-electron chi connectivity index (χ2n) is 4.63. The van der Waals surface area contributed by atoms with E-state index in [2.05, 4.69) is 54.0 Å². The predicted octanol–water partition coefficient (Wildman–Crippen LogP) is 4.08. The van der Waals surface area contributed by atoms with Gasteiger partial charge in [0.05, 0.1) is 25.9 Å². The van der Waals surface area contributed by atoms with Crippen molar-refractivity contribution in [2.24, 2.45) is 0 Å². The van der Waals surface area contributed by atoms with Crippen molar-refractivity contribution in [2.75, 3.05) is 25.6 Å². The van der Waals surface area contributed by atoms with E-state index in [0.717, 1.165) is 5.69 Å². The molecule has 0 aliphatic rings. The first kappa shape index (κ1) is 15.0. The van der Waals surface area contributed by atoms with E-state index in [-0.39, 0.29) is 0 Å². The molecule has 1 atom stereocenters. The Morgan fingerprint density at radius 2 is 2.10 bits per heavy atom. The number of hydrogen-bond donors (Lipinski definition) is 1. The second-order valence-corrected chi connectivity index (χ2v) is 5.61. The van der Waals surface area contributed by atoms with Crippen LogP contribution in [0, 0.1) is 0 Å². The van der Waals surface area contributed by atoms with Gasteiger partial charge in [-0.3, -0.25) is 0 Å². The molecule has 1 aromatic carbocycles. The molecular formula is C16H21NO2S. The number of anilines is 1. The van der Waals surface area contributed by atoms with Gasteiger partial charge in [0.1, 0.15) is 0 Å². The zero-order valence-corrected chi connectivity index (χ0v) is 12.8. The van der Waals surface area contributed by atoms with Gasteiger partial charge in [-0.05, 0) is 36.1 Å². The fourth-order valence-electron chi connectivity index (χ4n) is 1.94. The van der Waals surface area contributed by atoms with Gasteiger partial charge >= 0.3 is 0 Å². The number of benzene rings is 1. The van der Waals surface area contributed by atoms with E-state index in [1.807, 2.05) is 0 Å². The van der Waals surface area contributed by atoms with E-state index >= 15 is 0 Å². The van der Waals surface area contributed by atoms with E-state index in [0.29, 0.717) is 25.9 Å². The molecule has 0 aliphatic heterocycles. The molecule has 4 heteroatoms. The Morgan fingerprint density at radius 3 is 2.85 bits per heavy atom. The highest BCUT2D eigenvalue weighted by Crippen LogP contribution is 2.23. The molecule has 0 bridgehead atoms. The SMILES string of the molecule is COCCOCc1cccc(NC(C)c2cccs2)c1. The third-order valence-corrected chi connectivity index (χ3v) is 4.04. The molecule has 0 amide bonds. The summed E-state index contributed by atoms with van der Waals surface area (Å²) in [5.41, 5.74) is 2.29. The van der Waals surface area contributed by atoms with E-state index in [9.17, 15) is 0 Å². The zero-order valence-electron chi connectivity index (χ0n) is 12.0. The average Bonchev–Trinajstić information content (AvgIpc) is 2.98. The van der Waals surface area contributed by atoms with E-state index in [1.54, 1.807) is 18.4 Å². The van der Waals surface area contributed by atoms with Crippen molar-refractivity contribution < 1.29 is 9.47 Å². The van der Waals surface area contributed by atoms with Crippen molar-refractivity contribution >= 4 is 17.0 Å². The average molecular weight is 291 g/mol. The van der Waals surface area contributed by atoms with Gasteiger partial charge in [0.2, 0.25) is 0 Å². The van der Waals surface area contributed by atoms with Crippen molar-refractivity contribution in [3.8, 4) is 0 Å². The zero-order chi connectivity index (χ0) is 14.2. The summed E-state index contributed by atoms with van der Waals surface area (Å²) in [4.78, 5) is 1.34. The Morgan fingerprint density at radius 1 is 1.20 bits per heavy atom. The molecule has 1 N–H and O–H groups in total. The summed E-state index contributed by atoms with van der Waals surface area (Å²) in [5.74, 6) is 0. The Kier molecular flexibility index (Phi) is 6.05. The molecule has 0 radical (unpaired) electrons. The highest BCUT2D eigenvalue weighted by molar-refractivity contribution is 7.10. The summed E-state index contributed by atoms with van der Waals surface area (Å²) in [6, 6.07) is 12.9. The van der Waals surface area contributed by atoms with Crippen molar-refractivity contribution in [1.29, 1.82) is 0 Å². The summed E-state index contributed by atoms with van der Waals surface area (Å²) in [6.07, 6.45) is 0. The van der Waals surface area contributed by atoms with Gasteiger partial charge in [-0.25, -0.2) is 0 Å². The molecule has 0 saturated carbocycles. The maximum Gasteiger partial charge on any atom is 0.0718 e. The number of methoxy groups -OCH3 is 1. The number of thiophene rings is 1. The summed E-state index contributed by atoms with van der Waals surface area (Å²) < 4.78 is 10.5. The lowest BCUT2D eigenvalue weighted by Gasteiger charge is -2.14. The molecule has 0 fully saturated rings. The minimum Gasteiger partial charge on any atom is -0.382 e. The van der Waals surface area contributed by atoms with Crippen LogP contribution in [-0.2, 0) is 16.1 Å². The van der Waals surface area contributed by atoms with Gasteiger partial charge in [-0.15, -0.1) is 11.3 Å². The molecule has 1 heterocycles. The maximum absolute atomic E-state index is 5.54. The van der Waals surface area contributed by atoms with Crippen molar-refractivity contribution in [3.05, 3.63) is 52.2 Å². The van der Waals surface area contributed by atoms with Crippen molar-refractivity contribution in [2.45, 2.75) is 19.6 Å². The number of nitrogens with one attached hydrogen (secondary N) is 1. The smallest absolute Gasteiger partial charge is 0.0718 e. The van der Waals surface area contributed by atoms with Crippen molar-refractivity contribution in [3.63, 3.8) is 0 Å². The van der Waals surface area contributed by atoms with Gasteiger partial charge in [-0.1, -0.05) is 18.2 Å². The fourth-order valence-corrected chi connectivity index (χ4v) is 2.68. The van der Waals surface area contributed by atoms with E-state index in [4.69, 9.17) is 9.47 Å². The van der Waals surface area contributed by atoms with Gasteiger partial charge in [-0.2, -0.15) is 0 Å². The van der Waals surface area contributed by atoms with Gasteiger partial charge in [0.25, 0.3) is 0 Å². The normalized spacial score (nSPS) is 12.3. The molecule has 1 unspecified atom stereocenters. The Bertz CT molecular complexity index is 499. The first-order valence-corrected chi connectivity index (χ1v) is 7.63. The maximum atomic E-state index is 5.54. The van der Waals surface area contributed by atoms with Crippen LogP contribution in [0.15, 0.2) is 41.8 Å². The van der Waals surface area contributed by atoms with Crippen LogP contribution in [0.25, 0.3) is 0 Å². The highest BCUT2D eigenvalue weighted by atomic mass is 32.1. The van der Waals surface area contributed by atoms with Crippen LogP contribution in [0.5, 0.6) is 0 Å². The summed E-state index contributed by atoms with van der Waals surface area (Å²) >= 11 is 1.77. The molecule has 20 heavy (non-hydrogen) atoms. The molecule has 0 saturated heterocycles. The second kappa shape index (κ2) is 8.04. The Labute approximate surface area is 124 Å². The molecular weight excluding hydrogens is 270 g/mol. The van der Waals surface area contributed by atoms with Gasteiger partial charge in [0.15, 0.2) is 0 Å². The van der Waals surface area contributed by atoms with Crippen LogP contribution in [0.3, 0.4) is 0 Å². The number of ether oxygens (including phenoxy) is 2. The minimum atomic E-state index is 0.319. The molecule has 2 rings (SSSR count). The lowest BCUT2D eigenvalue weighted by Crippen LogP contribution is -2.05. The largest absolute Gasteiger partial charge is 0.382 e. The van der Waals surface area contributed by atoms with Crippen LogP contribution in [0.4, 0.5) is 5.69 Å². The Hall–Kier alpha value is -1.36. The van der Waals surface area contributed by atoms with E-state index < -0.39 is 0 Å². The fraction of sp³-hybridized carbons (Fsp3) is 0.375. The topological polar surface area (TPSA) is 30.5 Å². The first-order valence-electron chi connectivity index (χ1n) is 6.75. The first-order chi connectivity index (χ1) is 9.79. The lowest BCUT2D eigenvalue weighted by molar-refractivity contribution is 0.0617. The third-order valence-electron chi connectivity index (χ3n) is 2.98. The number of hydrogen-bond acceptors (Lipinski definition) is 4. The van der Waals surface area contributed by atoms with Crippen molar-refractivity contribution in [1.82, 2.24) is 0 Å². The molecule has 0 spiro atoms. The summed E-state index contributed by atoms with van der Waals surface area (Å²) in [5, 5.41) is 5.62. The van der Waals surface area contributed by atoms with Crippen LogP contribution in [0.2, 0.25) is 0 Å². The minimum absolute atomic E-state index is 0.319. The third kappa shape index (κ3) is 4.63. The molecule has 2 aromatic rings. The predicted molar refractivity (Wildman–Crippen MR) is 84.3 cm³/mol. The monoisotopic (exact) mass is 291 g/mol. The van der Waals surface area contributed by atoms with Crippen LogP contribution >= 0.6 is 11.3 Å². The summed E-state index contributed by atoms with van der Waals surface area (Å²) in [7, 11) is 1.68. The van der Waals surface area contributed by atoms with Crippen LogP contribution < -0.4 is 5.32 Å². The number of rotatable bonds is 8. The molecule has 108 valence electrons. The molecule has 3 nitrogen and oxygen atoms in total.